The van der Waals surface area contributed by atoms with Crippen LogP contribution in [0.2, 0.25) is 0 Å². The van der Waals surface area contributed by atoms with Crippen LogP contribution in [0.5, 0.6) is 0 Å². The molecule has 0 aliphatic rings. The molecule has 0 unspecified atom stereocenters. The minimum absolute atomic E-state index is 0.0945. The summed E-state index contributed by atoms with van der Waals surface area (Å²) in [7, 11) is -1.95. The molecule has 1 aromatic carbocycles. The Labute approximate surface area is 122 Å². The molecule has 0 aromatic heterocycles. The van der Waals surface area contributed by atoms with Crippen molar-refractivity contribution >= 4 is 15.9 Å². The second kappa shape index (κ2) is 6.11. The summed E-state index contributed by atoms with van der Waals surface area (Å²) in [6, 6.07) is 7.24. The molecule has 1 aromatic rings. The molecule has 0 atom stereocenters. The zero-order valence-corrected chi connectivity index (χ0v) is 13.7. The fourth-order valence-corrected chi connectivity index (χ4v) is 2.74. The van der Waals surface area contributed by atoms with Crippen molar-refractivity contribution in [3.8, 4) is 0 Å². The molecule has 114 valence electrons. The second-order valence-corrected chi connectivity index (χ2v) is 7.61. The Morgan fingerprint density at radius 2 is 1.75 bits per heavy atom. The fraction of sp³-hybridized carbons (Fsp3) is 0.571. The monoisotopic (exact) mass is 299 g/mol. The largest absolute Gasteiger partial charge is 0.330 e. The molecule has 0 radical (unpaired) electrons. The lowest BCUT2D eigenvalue weighted by atomic mass is 9.85. The minimum Gasteiger partial charge on any atom is -0.330 e. The molecule has 0 spiro atoms. The lowest BCUT2D eigenvalue weighted by molar-refractivity contribution is 0.414. The SMILES string of the molecule is CC(C)N(C)S(=O)(=O)Nc1ccc(C(C)(C)CN)cc1. The molecule has 5 nitrogen and oxygen atoms in total. The van der Waals surface area contributed by atoms with Crippen LogP contribution >= 0.6 is 0 Å². The predicted octanol–water partition coefficient (Wildman–Crippen LogP) is 1.92. The van der Waals surface area contributed by atoms with Gasteiger partial charge in [0.05, 0.1) is 0 Å². The summed E-state index contributed by atoms with van der Waals surface area (Å²) < 4.78 is 28.0. The Bertz CT molecular complexity index is 536. The number of rotatable bonds is 6. The van der Waals surface area contributed by atoms with Gasteiger partial charge >= 0.3 is 10.2 Å². The lowest BCUT2D eigenvalue weighted by Gasteiger charge is -2.24. The van der Waals surface area contributed by atoms with Gasteiger partial charge in [0.2, 0.25) is 0 Å². The quantitative estimate of drug-likeness (QED) is 0.842. The van der Waals surface area contributed by atoms with Crippen LogP contribution in [-0.2, 0) is 15.6 Å². The summed E-state index contributed by atoms with van der Waals surface area (Å²) in [5.74, 6) is 0. The Balaban J connectivity index is 2.91. The summed E-state index contributed by atoms with van der Waals surface area (Å²) in [5.41, 5.74) is 7.25. The van der Waals surface area contributed by atoms with Crippen LogP contribution in [0.4, 0.5) is 5.69 Å². The molecule has 3 N–H and O–H groups in total. The van der Waals surface area contributed by atoms with Gasteiger partial charge in [-0.1, -0.05) is 26.0 Å². The Kier molecular flexibility index (Phi) is 5.18. The first-order chi connectivity index (χ1) is 9.10. The topological polar surface area (TPSA) is 75.4 Å². The number of anilines is 1. The molecular formula is C14H25N3O2S. The Morgan fingerprint density at radius 3 is 2.15 bits per heavy atom. The zero-order valence-electron chi connectivity index (χ0n) is 12.8. The number of hydrogen-bond acceptors (Lipinski definition) is 3. The van der Waals surface area contributed by atoms with Gasteiger partial charge in [-0.25, -0.2) is 0 Å². The summed E-state index contributed by atoms with van der Waals surface area (Å²) in [5, 5.41) is 0. The maximum absolute atomic E-state index is 12.1. The van der Waals surface area contributed by atoms with Crippen LogP contribution in [-0.4, -0.2) is 32.4 Å². The standard InChI is InChI=1S/C14H25N3O2S/c1-11(2)17(5)20(18,19)16-13-8-6-12(7-9-13)14(3,4)10-15/h6-9,11,16H,10,15H2,1-5H3. The maximum Gasteiger partial charge on any atom is 0.301 e. The Hall–Kier alpha value is -1.11. The van der Waals surface area contributed by atoms with E-state index in [9.17, 15) is 8.42 Å². The van der Waals surface area contributed by atoms with Gasteiger partial charge in [-0.3, -0.25) is 4.72 Å². The van der Waals surface area contributed by atoms with Crippen molar-refractivity contribution < 1.29 is 8.42 Å². The van der Waals surface area contributed by atoms with E-state index >= 15 is 0 Å². The number of nitrogens with zero attached hydrogens (tertiary/aromatic N) is 1. The van der Waals surface area contributed by atoms with E-state index in [-0.39, 0.29) is 11.5 Å². The zero-order chi connectivity index (χ0) is 15.6. The third-order valence-electron chi connectivity index (χ3n) is 3.53. The number of hydrogen-bond donors (Lipinski definition) is 2. The highest BCUT2D eigenvalue weighted by Crippen LogP contribution is 2.23. The lowest BCUT2D eigenvalue weighted by Crippen LogP contribution is -2.37. The van der Waals surface area contributed by atoms with E-state index < -0.39 is 10.2 Å². The van der Waals surface area contributed by atoms with Gasteiger partial charge < -0.3 is 5.73 Å². The second-order valence-electron chi connectivity index (χ2n) is 5.88. The van der Waals surface area contributed by atoms with Gasteiger partial charge in [0, 0.05) is 30.7 Å². The first-order valence-corrected chi connectivity index (χ1v) is 8.10. The van der Waals surface area contributed by atoms with Crippen molar-refractivity contribution in [1.82, 2.24) is 4.31 Å². The van der Waals surface area contributed by atoms with Gasteiger partial charge in [-0.2, -0.15) is 12.7 Å². The summed E-state index contributed by atoms with van der Waals surface area (Å²) in [4.78, 5) is 0. The molecule has 0 saturated heterocycles. The molecule has 6 heteroatoms. The van der Waals surface area contributed by atoms with E-state index in [1.165, 1.54) is 4.31 Å². The van der Waals surface area contributed by atoms with Crippen molar-refractivity contribution in [2.75, 3.05) is 18.3 Å². The average Bonchev–Trinajstić information content (AvgIpc) is 2.37. The van der Waals surface area contributed by atoms with Crippen LogP contribution in [0.1, 0.15) is 33.3 Å². The fourth-order valence-electron chi connectivity index (χ4n) is 1.61. The van der Waals surface area contributed by atoms with Gasteiger partial charge in [0.1, 0.15) is 0 Å². The molecule has 20 heavy (non-hydrogen) atoms. The molecule has 0 bridgehead atoms. The van der Waals surface area contributed by atoms with Gasteiger partial charge in [-0.05, 0) is 31.5 Å². The first-order valence-electron chi connectivity index (χ1n) is 6.66. The molecular weight excluding hydrogens is 274 g/mol. The highest BCUT2D eigenvalue weighted by Gasteiger charge is 2.21. The van der Waals surface area contributed by atoms with Crippen LogP contribution in [0.25, 0.3) is 0 Å². The van der Waals surface area contributed by atoms with Crippen molar-refractivity contribution in [1.29, 1.82) is 0 Å². The molecule has 0 aliphatic carbocycles. The number of benzene rings is 1. The average molecular weight is 299 g/mol. The number of nitrogens with two attached hydrogens (primary N) is 1. The third kappa shape index (κ3) is 3.94. The van der Waals surface area contributed by atoms with Crippen molar-refractivity contribution in [3.63, 3.8) is 0 Å². The van der Waals surface area contributed by atoms with Crippen LogP contribution < -0.4 is 10.5 Å². The van der Waals surface area contributed by atoms with Crippen molar-refractivity contribution in [2.24, 2.45) is 5.73 Å². The molecule has 0 heterocycles. The summed E-state index contributed by atoms with van der Waals surface area (Å²) >= 11 is 0. The van der Waals surface area contributed by atoms with E-state index in [0.29, 0.717) is 12.2 Å². The third-order valence-corrected chi connectivity index (χ3v) is 5.20. The maximum atomic E-state index is 12.1. The highest BCUT2D eigenvalue weighted by molar-refractivity contribution is 7.90. The predicted molar refractivity (Wildman–Crippen MR) is 84.0 cm³/mol. The van der Waals surface area contributed by atoms with Gasteiger partial charge in [0.25, 0.3) is 0 Å². The summed E-state index contributed by atoms with van der Waals surface area (Å²) in [6.45, 7) is 8.30. The van der Waals surface area contributed by atoms with E-state index in [1.807, 2.05) is 26.0 Å². The number of nitrogens with one attached hydrogen (secondary N) is 1. The van der Waals surface area contributed by atoms with E-state index in [1.54, 1.807) is 19.2 Å². The van der Waals surface area contributed by atoms with Crippen LogP contribution in [0.3, 0.4) is 0 Å². The smallest absolute Gasteiger partial charge is 0.301 e. The molecule has 0 aliphatic heterocycles. The minimum atomic E-state index is -3.51. The molecule has 0 fully saturated rings. The molecule has 0 amide bonds. The van der Waals surface area contributed by atoms with E-state index in [2.05, 4.69) is 18.6 Å². The first kappa shape index (κ1) is 16.9. The Morgan fingerprint density at radius 1 is 1.25 bits per heavy atom. The van der Waals surface area contributed by atoms with Crippen LogP contribution in [0, 0.1) is 0 Å². The van der Waals surface area contributed by atoms with E-state index in [4.69, 9.17) is 5.73 Å². The summed E-state index contributed by atoms with van der Waals surface area (Å²) in [6.07, 6.45) is 0. The highest BCUT2D eigenvalue weighted by atomic mass is 32.2. The molecule has 1 rings (SSSR count). The van der Waals surface area contributed by atoms with Crippen molar-refractivity contribution in [3.05, 3.63) is 29.8 Å². The van der Waals surface area contributed by atoms with Crippen LogP contribution in [0.15, 0.2) is 24.3 Å². The molecule has 0 saturated carbocycles. The van der Waals surface area contributed by atoms with Crippen molar-refractivity contribution in [2.45, 2.75) is 39.2 Å². The normalized spacial score (nSPS) is 13.0. The van der Waals surface area contributed by atoms with Gasteiger partial charge in [0.15, 0.2) is 0 Å². The van der Waals surface area contributed by atoms with Gasteiger partial charge in [-0.15, -0.1) is 0 Å². The van der Waals surface area contributed by atoms with E-state index in [0.717, 1.165) is 5.56 Å².